The molecule has 1 N–H and O–H groups in total. The number of alkyl halides is 3. The SMILES string of the molecule is Cc1ccsc1C(c1cc(C(F)(F)F)ccc1Cl)N1CCCC(C(=O)O)C1. The minimum absolute atomic E-state index is 0.248. The zero-order valence-corrected chi connectivity index (χ0v) is 16.2. The number of rotatable bonds is 4. The van der Waals surface area contributed by atoms with Gasteiger partial charge in [-0.25, -0.2) is 0 Å². The molecule has 8 heteroatoms. The fraction of sp³-hybridized carbons (Fsp3) is 0.421. The van der Waals surface area contributed by atoms with Crippen molar-refractivity contribution >= 4 is 28.9 Å². The standard InChI is InChI=1S/C19H19ClF3NO2S/c1-11-6-8-27-17(11)16(24-7-2-3-12(10-24)18(25)26)14-9-13(19(21,22)23)4-5-15(14)20/h4-6,8-9,12,16H,2-3,7,10H2,1H3,(H,25,26). The van der Waals surface area contributed by atoms with E-state index in [0.29, 0.717) is 24.9 Å². The van der Waals surface area contributed by atoms with Gasteiger partial charge in [0.15, 0.2) is 0 Å². The third kappa shape index (κ3) is 4.31. The Morgan fingerprint density at radius 1 is 1.37 bits per heavy atom. The summed E-state index contributed by atoms with van der Waals surface area (Å²) in [6, 6.07) is 4.75. The first kappa shape index (κ1) is 20.2. The van der Waals surface area contributed by atoms with Crippen molar-refractivity contribution in [2.45, 2.75) is 32.0 Å². The number of aryl methyl sites for hydroxylation is 1. The Hall–Kier alpha value is -1.57. The summed E-state index contributed by atoms with van der Waals surface area (Å²) in [4.78, 5) is 14.3. The van der Waals surface area contributed by atoms with Gasteiger partial charge in [-0.2, -0.15) is 13.2 Å². The molecule has 1 aromatic heterocycles. The number of halogens is 4. The molecule has 3 nitrogen and oxygen atoms in total. The lowest BCUT2D eigenvalue weighted by molar-refractivity contribution is -0.143. The molecular weight excluding hydrogens is 399 g/mol. The Bertz CT molecular complexity index is 837. The fourth-order valence-corrected chi connectivity index (χ4v) is 4.84. The number of benzene rings is 1. The van der Waals surface area contributed by atoms with Gasteiger partial charge in [-0.15, -0.1) is 11.3 Å². The quantitative estimate of drug-likeness (QED) is 0.702. The Labute approximate surface area is 164 Å². The van der Waals surface area contributed by atoms with Gasteiger partial charge in [0.2, 0.25) is 0 Å². The molecule has 1 fully saturated rings. The minimum atomic E-state index is -4.47. The van der Waals surface area contributed by atoms with Crippen LogP contribution in [0.4, 0.5) is 13.2 Å². The molecule has 2 atom stereocenters. The van der Waals surface area contributed by atoms with E-state index in [1.807, 2.05) is 23.3 Å². The van der Waals surface area contributed by atoms with Crippen molar-refractivity contribution in [1.82, 2.24) is 4.90 Å². The molecule has 0 amide bonds. The second kappa shape index (κ2) is 7.81. The maximum atomic E-state index is 13.3. The van der Waals surface area contributed by atoms with E-state index in [2.05, 4.69) is 0 Å². The molecule has 1 aliphatic rings. The summed E-state index contributed by atoms with van der Waals surface area (Å²) in [5, 5.41) is 11.5. The number of hydrogen-bond donors (Lipinski definition) is 1. The average Bonchev–Trinajstić information content (AvgIpc) is 3.02. The molecule has 0 spiro atoms. The minimum Gasteiger partial charge on any atom is -0.481 e. The van der Waals surface area contributed by atoms with Gasteiger partial charge >= 0.3 is 12.1 Å². The van der Waals surface area contributed by atoms with Crippen LogP contribution >= 0.6 is 22.9 Å². The topological polar surface area (TPSA) is 40.5 Å². The Kier molecular flexibility index (Phi) is 5.84. The first-order valence-corrected chi connectivity index (χ1v) is 9.81. The summed E-state index contributed by atoms with van der Waals surface area (Å²) in [7, 11) is 0. The summed E-state index contributed by atoms with van der Waals surface area (Å²) in [5.41, 5.74) is 0.562. The molecular formula is C19H19ClF3NO2S. The van der Waals surface area contributed by atoms with Crippen LogP contribution in [0.25, 0.3) is 0 Å². The first-order chi connectivity index (χ1) is 12.7. The highest BCUT2D eigenvalue weighted by Crippen LogP contribution is 2.42. The van der Waals surface area contributed by atoms with Crippen LogP contribution in [-0.2, 0) is 11.0 Å². The van der Waals surface area contributed by atoms with Crippen molar-refractivity contribution in [2.75, 3.05) is 13.1 Å². The summed E-state index contributed by atoms with van der Waals surface area (Å²) in [6.45, 7) is 2.79. The third-order valence-corrected chi connectivity index (χ3v) is 6.35. The van der Waals surface area contributed by atoms with Crippen molar-refractivity contribution < 1.29 is 23.1 Å². The second-order valence-corrected chi connectivity index (χ2v) is 8.13. The highest BCUT2D eigenvalue weighted by atomic mass is 35.5. The molecule has 1 saturated heterocycles. The van der Waals surface area contributed by atoms with Crippen LogP contribution in [0.3, 0.4) is 0 Å². The Morgan fingerprint density at radius 3 is 2.70 bits per heavy atom. The van der Waals surface area contributed by atoms with E-state index < -0.39 is 29.7 Å². The van der Waals surface area contributed by atoms with Crippen LogP contribution in [0.15, 0.2) is 29.6 Å². The number of carboxylic acid groups (broad SMARTS) is 1. The summed E-state index contributed by atoms with van der Waals surface area (Å²) in [6.07, 6.45) is -3.23. The third-order valence-electron chi connectivity index (χ3n) is 4.94. The Balaban J connectivity index is 2.09. The molecule has 3 rings (SSSR count). The smallest absolute Gasteiger partial charge is 0.416 e. The van der Waals surface area contributed by atoms with E-state index in [4.69, 9.17) is 11.6 Å². The van der Waals surface area contributed by atoms with Gasteiger partial charge in [0.1, 0.15) is 0 Å². The molecule has 0 radical (unpaired) electrons. The predicted molar refractivity (Wildman–Crippen MR) is 99.3 cm³/mol. The fourth-order valence-electron chi connectivity index (χ4n) is 3.54. The van der Waals surface area contributed by atoms with Crippen LogP contribution in [0.5, 0.6) is 0 Å². The van der Waals surface area contributed by atoms with Crippen molar-refractivity contribution in [3.63, 3.8) is 0 Å². The maximum Gasteiger partial charge on any atom is 0.416 e. The number of aliphatic carboxylic acids is 1. The van der Waals surface area contributed by atoms with E-state index in [1.165, 1.54) is 17.4 Å². The number of carbonyl (C=O) groups is 1. The van der Waals surface area contributed by atoms with Gasteiger partial charge < -0.3 is 5.11 Å². The van der Waals surface area contributed by atoms with Crippen molar-refractivity contribution in [3.8, 4) is 0 Å². The van der Waals surface area contributed by atoms with Crippen LogP contribution in [0.2, 0.25) is 5.02 Å². The molecule has 0 bridgehead atoms. The van der Waals surface area contributed by atoms with Crippen LogP contribution in [-0.4, -0.2) is 29.1 Å². The molecule has 146 valence electrons. The molecule has 0 saturated carbocycles. The van der Waals surface area contributed by atoms with Crippen LogP contribution in [0.1, 0.15) is 40.5 Å². The predicted octanol–water partition coefficient (Wildman–Crippen LogP) is 5.61. The maximum absolute atomic E-state index is 13.3. The zero-order chi connectivity index (χ0) is 19.8. The number of hydrogen-bond acceptors (Lipinski definition) is 3. The van der Waals surface area contributed by atoms with Crippen molar-refractivity contribution in [1.29, 1.82) is 0 Å². The molecule has 2 heterocycles. The molecule has 1 aliphatic heterocycles. The van der Waals surface area contributed by atoms with Crippen LogP contribution < -0.4 is 0 Å². The lowest BCUT2D eigenvalue weighted by Crippen LogP contribution is -2.41. The molecule has 2 aromatic rings. The van der Waals surface area contributed by atoms with E-state index in [-0.39, 0.29) is 11.6 Å². The number of carboxylic acids is 1. The van der Waals surface area contributed by atoms with Gasteiger partial charge in [-0.1, -0.05) is 11.6 Å². The lowest BCUT2D eigenvalue weighted by Gasteiger charge is -2.37. The summed E-state index contributed by atoms with van der Waals surface area (Å²) < 4.78 is 39.8. The molecule has 27 heavy (non-hydrogen) atoms. The zero-order valence-electron chi connectivity index (χ0n) is 14.6. The average molecular weight is 418 g/mol. The van der Waals surface area contributed by atoms with Gasteiger partial charge in [-0.05, 0) is 67.1 Å². The van der Waals surface area contributed by atoms with Crippen molar-refractivity contribution in [3.05, 3.63) is 56.2 Å². The first-order valence-electron chi connectivity index (χ1n) is 8.56. The van der Waals surface area contributed by atoms with Crippen LogP contribution in [0, 0.1) is 12.8 Å². The lowest BCUT2D eigenvalue weighted by atomic mass is 9.92. The van der Waals surface area contributed by atoms with Gasteiger partial charge in [-0.3, -0.25) is 9.69 Å². The molecule has 1 aromatic carbocycles. The van der Waals surface area contributed by atoms with E-state index >= 15 is 0 Å². The summed E-state index contributed by atoms with van der Waals surface area (Å²) >= 11 is 7.77. The van der Waals surface area contributed by atoms with E-state index in [9.17, 15) is 23.1 Å². The number of likely N-dealkylation sites (tertiary alicyclic amines) is 1. The van der Waals surface area contributed by atoms with Crippen molar-refractivity contribution in [2.24, 2.45) is 5.92 Å². The van der Waals surface area contributed by atoms with Gasteiger partial charge in [0.05, 0.1) is 17.5 Å². The number of piperidine rings is 1. The molecule has 0 aliphatic carbocycles. The number of nitrogens with zero attached hydrogens (tertiary/aromatic N) is 1. The van der Waals surface area contributed by atoms with E-state index in [0.717, 1.165) is 22.6 Å². The highest BCUT2D eigenvalue weighted by molar-refractivity contribution is 7.10. The largest absolute Gasteiger partial charge is 0.481 e. The van der Waals surface area contributed by atoms with Gasteiger partial charge in [0.25, 0.3) is 0 Å². The number of thiophene rings is 1. The monoisotopic (exact) mass is 417 g/mol. The molecule has 2 unspecified atom stereocenters. The highest BCUT2D eigenvalue weighted by Gasteiger charge is 2.36. The van der Waals surface area contributed by atoms with E-state index in [1.54, 1.807) is 0 Å². The second-order valence-electron chi connectivity index (χ2n) is 6.78. The Morgan fingerprint density at radius 2 is 2.11 bits per heavy atom. The summed E-state index contributed by atoms with van der Waals surface area (Å²) in [5.74, 6) is -1.41. The van der Waals surface area contributed by atoms with Gasteiger partial charge in [0, 0.05) is 16.4 Å². The normalized spacial score (nSPS) is 19.8.